The van der Waals surface area contributed by atoms with Gasteiger partial charge in [0.2, 0.25) is 0 Å². The van der Waals surface area contributed by atoms with E-state index < -0.39 is 0 Å². The summed E-state index contributed by atoms with van der Waals surface area (Å²) in [5.74, 6) is 1.57. The van der Waals surface area contributed by atoms with Gasteiger partial charge in [0.1, 0.15) is 0 Å². The zero-order valence-electron chi connectivity index (χ0n) is 14.2. The van der Waals surface area contributed by atoms with E-state index in [1.807, 2.05) is 6.08 Å². The highest BCUT2D eigenvalue weighted by atomic mass is 16.5. The second-order valence-corrected chi connectivity index (χ2v) is 7.52. The lowest BCUT2D eigenvalue weighted by Gasteiger charge is -2.41. The van der Waals surface area contributed by atoms with Gasteiger partial charge in [0.25, 0.3) is 0 Å². The Kier molecular flexibility index (Phi) is 5.54. The van der Waals surface area contributed by atoms with Crippen LogP contribution in [0.1, 0.15) is 68.7 Å². The Morgan fingerprint density at radius 2 is 2.17 bits per heavy atom. The quantitative estimate of drug-likeness (QED) is 0.809. The van der Waals surface area contributed by atoms with Gasteiger partial charge in [-0.15, -0.1) is 6.58 Å². The highest BCUT2D eigenvalue weighted by Crippen LogP contribution is 2.35. The van der Waals surface area contributed by atoms with Crippen molar-refractivity contribution in [3.63, 3.8) is 0 Å². The molecule has 0 bridgehead atoms. The molecule has 3 rings (SSSR count). The summed E-state index contributed by atoms with van der Waals surface area (Å²) in [6.45, 7) is 6.87. The molecule has 128 valence electrons. The molecular formula is C19H30N2O2. The molecule has 2 heterocycles. The molecule has 1 saturated heterocycles. The first-order valence-corrected chi connectivity index (χ1v) is 9.14. The lowest BCUT2D eigenvalue weighted by molar-refractivity contribution is 0.0274. The average Bonchev–Trinajstić information content (AvgIpc) is 3.05. The second kappa shape index (κ2) is 7.63. The molecule has 23 heavy (non-hydrogen) atoms. The minimum atomic E-state index is -0.0216. The molecule has 0 unspecified atom stereocenters. The maximum Gasteiger partial charge on any atom is 0.150 e. The van der Waals surface area contributed by atoms with Crippen LogP contribution in [0.25, 0.3) is 0 Å². The summed E-state index contributed by atoms with van der Waals surface area (Å²) >= 11 is 0. The van der Waals surface area contributed by atoms with Crippen molar-refractivity contribution >= 4 is 0 Å². The number of likely N-dealkylation sites (tertiary alicyclic amines) is 1. The fourth-order valence-electron chi connectivity index (χ4n) is 4.33. The van der Waals surface area contributed by atoms with Crippen molar-refractivity contribution in [1.29, 1.82) is 0 Å². The monoisotopic (exact) mass is 318 g/mol. The molecule has 1 saturated carbocycles. The number of aliphatic hydroxyl groups is 1. The normalized spacial score (nSPS) is 27.2. The van der Waals surface area contributed by atoms with Gasteiger partial charge in [-0.1, -0.05) is 30.5 Å². The largest absolute Gasteiger partial charge is 0.396 e. The molecule has 1 N–H and O–H groups in total. The summed E-state index contributed by atoms with van der Waals surface area (Å²) in [6, 6.07) is 2.17. The van der Waals surface area contributed by atoms with Crippen LogP contribution in [0.2, 0.25) is 0 Å². The fraction of sp³-hybridized carbons (Fsp3) is 0.737. The number of piperidine rings is 1. The minimum Gasteiger partial charge on any atom is -0.396 e. The number of aliphatic hydroxyl groups excluding tert-OH is 1. The lowest BCUT2D eigenvalue weighted by atomic mass is 9.78. The molecule has 1 aromatic rings. The summed E-state index contributed by atoms with van der Waals surface area (Å²) in [7, 11) is 0. The molecule has 1 aliphatic heterocycles. The lowest BCUT2D eigenvalue weighted by Crippen LogP contribution is -2.44. The molecule has 0 radical (unpaired) electrons. The maximum absolute atomic E-state index is 9.82. The molecule has 0 amide bonds. The number of hydrogen-bond acceptors (Lipinski definition) is 4. The number of nitrogens with zero attached hydrogens (tertiary/aromatic N) is 2. The van der Waals surface area contributed by atoms with Crippen LogP contribution >= 0.6 is 0 Å². The number of hydrogen-bond donors (Lipinski definition) is 1. The molecule has 1 atom stereocenters. The Labute approximate surface area is 139 Å². The zero-order valence-corrected chi connectivity index (χ0v) is 14.2. The van der Waals surface area contributed by atoms with Gasteiger partial charge in [-0.3, -0.25) is 4.90 Å². The highest BCUT2D eigenvalue weighted by Gasteiger charge is 2.34. The molecule has 0 spiro atoms. The van der Waals surface area contributed by atoms with Gasteiger partial charge in [-0.25, -0.2) is 0 Å². The fourth-order valence-corrected chi connectivity index (χ4v) is 4.33. The Balaban J connectivity index is 1.60. The number of rotatable bonds is 6. The van der Waals surface area contributed by atoms with E-state index in [-0.39, 0.29) is 12.0 Å². The second-order valence-electron chi connectivity index (χ2n) is 7.52. The average molecular weight is 318 g/mol. The SMILES string of the molecule is C=CC[C@]1(CO)CCCN(Cc2cc(C3CCCCC3)no2)C1. The number of allylic oxidation sites excluding steroid dienone is 1. The van der Waals surface area contributed by atoms with Gasteiger partial charge >= 0.3 is 0 Å². The first-order valence-electron chi connectivity index (χ1n) is 9.14. The molecule has 4 nitrogen and oxygen atoms in total. The van der Waals surface area contributed by atoms with E-state index in [0.717, 1.165) is 50.4 Å². The summed E-state index contributed by atoms with van der Waals surface area (Å²) in [5, 5.41) is 14.2. The van der Waals surface area contributed by atoms with Crippen LogP contribution in [0.5, 0.6) is 0 Å². The first-order chi connectivity index (χ1) is 11.2. The van der Waals surface area contributed by atoms with Gasteiger partial charge in [0, 0.05) is 23.9 Å². The van der Waals surface area contributed by atoms with E-state index in [2.05, 4.69) is 22.7 Å². The van der Waals surface area contributed by atoms with Crippen LogP contribution < -0.4 is 0 Å². The molecular weight excluding hydrogens is 288 g/mol. The van der Waals surface area contributed by atoms with Crippen LogP contribution in [-0.4, -0.2) is 34.9 Å². The topological polar surface area (TPSA) is 49.5 Å². The summed E-state index contributed by atoms with van der Waals surface area (Å²) < 4.78 is 5.61. The van der Waals surface area contributed by atoms with Crippen molar-refractivity contribution in [3.8, 4) is 0 Å². The van der Waals surface area contributed by atoms with E-state index in [4.69, 9.17) is 4.52 Å². The summed E-state index contributed by atoms with van der Waals surface area (Å²) in [5.41, 5.74) is 1.13. The predicted molar refractivity (Wildman–Crippen MR) is 91.2 cm³/mol. The molecule has 1 aromatic heterocycles. The molecule has 0 aromatic carbocycles. The predicted octanol–water partition coefficient (Wildman–Crippen LogP) is 3.87. The number of aromatic nitrogens is 1. The van der Waals surface area contributed by atoms with Crippen LogP contribution in [0.15, 0.2) is 23.2 Å². The van der Waals surface area contributed by atoms with Crippen LogP contribution in [0.4, 0.5) is 0 Å². The Morgan fingerprint density at radius 3 is 2.91 bits per heavy atom. The van der Waals surface area contributed by atoms with Crippen molar-refractivity contribution < 1.29 is 9.63 Å². The van der Waals surface area contributed by atoms with E-state index in [9.17, 15) is 5.11 Å². The zero-order chi connectivity index (χ0) is 16.1. The third kappa shape index (κ3) is 4.04. The van der Waals surface area contributed by atoms with Crippen molar-refractivity contribution in [2.75, 3.05) is 19.7 Å². The van der Waals surface area contributed by atoms with Crippen molar-refractivity contribution in [1.82, 2.24) is 10.1 Å². The van der Waals surface area contributed by atoms with E-state index in [1.165, 1.54) is 32.1 Å². The van der Waals surface area contributed by atoms with Gasteiger partial charge in [-0.05, 0) is 38.6 Å². The third-order valence-electron chi connectivity index (χ3n) is 5.63. The van der Waals surface area contributed by atoms with Gasteiger partial charge in [-0.2, -0.15) is 0 Å². The van der Waals surface area contributed by atoms with Crippen LogP contribution in [0, 0.1) is 5.41 Å². The summed E-state index contributed by atoms with van der Waals surface area (Å²) in [4.78, 5) is 2.40. The van der Waals surface area contributed by atoms with Crippen molar-refractivity contribution in [2.45, 2.75) is 63.8 Å². The molecule has 1 aliphatic carbocycles. The van der Waals surface area contributed by atoms with E-state index in [1.54, 1.807) is 0 Å². The smallest absolute Gasteiger partial charge is 0.150 e. The molecule has 4 heteroatoms. The van der Waals surface area contributed by atoms with Gasteiger partial charge in [0.05, 0.1) is 18.8 Å². The first kappa shape index (κ1) is 16.7. The van der Waals surface area contributed by atoms with Crippen molar-refractivity contribution in [3.05, 3.63) is 30.2 Å². The minimum absolute atomic E-state index is 0.0216. The van der Waals surface area contributed by atoms with E-state index in [0.29, 0.717) is 5.92 Å². The van der Waals surface area contributed by atoms with Crippen LogP contribution in [0.3, 0.4) is 0 Å². The standard InChI is InChI=1S/C19H30N2O2/c1-2-9-19(15-22)10-6-11-21(14-19)13-17-12-18(20-23-17)16-7-4-3-5-8-16/h2,12,16,22H,1,3-11,13-15H2/t19-/m0/s1. The van der Waals surface area contributed by atoms with E-state index >= 15 is 0 Å². The summed E-state index contributed by atoms with van der Waals surface area (Å²) in [6.07, 6.45) is 11.5. The Hall–Kier alpha value is -1.13. The van der Waals surface area contributed by atoms with Crippen LogP contribution in [-0.2, 0) is 6.54 Å². The van der Waals surface area contributed by atoms with Crippen molar-refractivity contribution in [2.24, 2.45) is 5.41 Å². The Bertz CT molecular complexity index is 507. The highest BCUT2D eigenvalue weighted by molar-refractivity contribution is 5.11. The maximum atomic E-state index is 9.82. The molecule has 2 aliphatic rings. The third-order valence-corrected chi connectivity index (χ3v) is 5.63. The molecule has 2 fully saturated rings. The Morgan fingerprint density at radius 1 is 1.35 bits per heavy atom. The van der Waals surface area contributed by atoms with Gasteiger partial charge < -0.3 is 9.63 Å². The van der Waals surface area contributed by atoms with Gasteiger partial charge in [0.15, 0.2) is 5.76 Å².